The molecule has 1 N–H and O–H groups in total. The van der Waals surface area contributed by atoms with Crippen LogP contribution < -0.4 is 10.9 Å². The summed E-state index contributed by atoms with van der Waals surface area (Å²) in [4.78, 5) is 23.9. The first-order chi connectivity index (χ1) is 15.2. The third-order valence-corrected chi connectivity index (χ3v) is 7.07. The monoisotopic (exact) mass is 434 g/mol. The van der Waals surface area contributed by atoms with Gasteiger partial charge in [-0.2, -0.15) is 0 Å². The molecule has 0 fully saturated rings. The number of hydrogen-bond donors (Lipinski definition) is 1. The molecular weight excluding hydrogens is 411 g/mol. The molecule has 5 nitrogen and oxygen atoms in total. The summed E-state index contributed by atoms with van der Waals surface area (Å²) in [6.45, 7) is 1.10. The summed E-state index contributed by atoms with van der Waals surface area (Å²) >= 11 is 1.62. The van der Waals surface area contributed by atoms with Crippen LogP contribution in [0.2, 0.25) is 0 Å². The molecule has 7 heteroatoms. The molecule has 0 saturated carbocycles. The maximum Gasteiger partial charge on any atom is 0.262 e. The number of fused-ring (bicyclic) bond motifs is 3. The maximum absolute atomic E-state index is 14.0. The molecule has 0 radical (unpaired) electrons. The second-order valence-corrected chi connectivity index (χ2v) is 9.04. The summed E-state index contributed by atoms with van der Waals surface area (Å²) in [6, 6.07) is 11.0. The van der Waals surface area contributed by atoms with Crippen LogP contribution in [0.5, 0.6) is 0 Å². The van der Waals surface area contributed by atoms with Crippen molar-refractivity contribution in [3.05, 3.63) is 92.9 Å². The van der Waals surface area contributed by atoms with Crippen molar-refractivity contribution in [1.82, 2.24) is 19.9 Å². The zero-order chi connectivity index (χ0) is 21.2. The molecule has 0 saturated heterocycles. The molecule has 5 rings (SSSR count). The van der Waals surface area contributed by atoms with Crippen LogP contribution >= 0.6 is 11.3 Å². The van der Waals surface area contributed by atoms with E-state index in [1.54, 1.807) is 42.1 Å². The number of rotatable bonds is 6. The van der Waals surface area contributed by atoms with Gasteiger partial charge in [0.2, 0.25) is 0 Å². The lowest BCUT2D eigenvalue weighted by Crippen LogP contribution is -2.35. The van der Waals surface area contributed by atoms with E-state index >= 15 is 0 Å². The predicted octanol–water partition coefficient (Wildman–Crippen LogP) is 3.73. The molecule has 31 heavy (non-hydrogen) atoms. The second-order valence-electron chi connectivity index (χ2n) is 7.96. The van der Waals surface area contributed by atoms with E-state index in [4.69, 9.17) is 0 Å². The number of aryl methyl sites for hydroxylation is 1. The van der Waals surface area contributed by atoms with Gasteiger partial charge in [0, 0.05) is 28.9 Å². The number of hydrogen-bond acceptors (Lipinski definition) is 5. The zero-order valence-electron chi connectivity index (χ0n) is 17.1. The summed E-state index contributed by atoms with van der Waals surface area (Å²) in [5, 5.41) is 4.37. The number of halogens is 1. The van der Waals surface area contributed by atoms with E-state index in [1.807, 2.05) is 12.3 Å². The SMILES string of the molecule is O=c1c2c3c(sc2ncn1Cc1ccccc1F)C[C@H](NCCc1cccnc1)CC3. The van der Waals surface area contributed by atoms with Crippen molar-refractivity contribution < 1.29 is 4.39 Å². The molecule has 4 aromatic rings. The minimum absolute atomic E-state index is 0.0752. The van der Waals surface area contributed by atoms with Crippen molar-refractivity contribution in [2.45, 2.75) is 38.3 Å². The average molecular weight is 435 g/mol. The summed E-state index contributed by atoms with van der Waals surface area (Å²) in [7, 11) is 0. The van der Waals surface area contributed by atoms with Crippen LogP contribution in [0.25, 0.3) is 10.2 Å². The van der Waals surface area contributed by atoms with E-state index in [0.29, 0.717) is 17.0 Å². The minimum atomic E-state index is -0.304. The summed E-state index contributed by atoms with van der Waals surface area (Å²) in [5.41, 5.74) is 2.78. The Morgan fingerprint density at radius 3 is 2.97 bits per heavy atom. The predicted molar refractivity (Wildman–Crippen MR) is 121 cm³/mol. The van der Waals surface area contributed by atoms with E-state index in [0.717, 1.165) is 42.6 Å². The summed E-state index contributed by atoms with van der Waals surface area (Å²) in [6.07, 6.45) is 8.96. The Hall–Kier alpha value is -2.90. The second kappa shape index (κ2) is 8.69. The van der Waals surface area contributed by atoms with Crippen LogP contribution in [0.3, 0.4) is 0 Å². The van der Waals surface area contributed by atoms with E-state index in [9.17, 15) is 9.18 Å². The number of pyridine rings is 1. The fourth-order valence-electron chi connectivity index (χ4n) is 4.26. The molecule has 1 aliphatic rings. The number of thiophene rings is 1. The molecule has 0 bridgehead atoms. The highest BCUT2D eigenvalue weighted by Crippen LogP contribution is 2.33. The third-order valence-electron chi connectivity index (χ3n) is 5.90. The molecule has 3 heterocycles. The van der Waals surface area contributed by atoms with Crippen LogP contribution in [-0.4, -0.2) is 27.1 Å². The summed E-state index contributed by atoms with van der Waals surface area (Å²) in [5.74, 6) is -0.304. The Labute approximate surface area is 183 Å². The standard InChI is InChI=1S/C24H23FN4OS/c25-20-6-2-1-5-17(20)14-29-15-28-23-22(24(29)30)19-8-7-18(12-21(19)31-23)27-11-9-16-4-3-10-26-13-16/h1-6,10,13,15,18,27H,7-9,11-12,14H2/t18-/m1/s1. The van der Waals surface area contributed by atoms with Gasteiger partial charge in [0.05, 0.1) is 18.3 Å². The van der Waals surface area contributed by atoms with Gasteiger partial charge in [-0.25, -0.2) is 9.37 Å². The van der Waals surface area contributed by atoms with Crippen molar-refractivity contribution >= 4 is 21.6 Å². The lowest BCUT2D eigenvalue weighted by Gasteiger charge is -2.23. The lowest BCUT2D eigenvalue weighted by atomic mass is 9.93. The van der Waals surface area contributed by atoms with Gasteiger partial charge in [-0.15, -0.1) is 11.3 Å². The van der Waals surface area contributed by atoms with Crippen LogP contribution in [0, 0.1) is 5.82 Å². The number of benzene rings is 1. The lowest BCUT2D eigenvalue weighted by molar-refractivity contribution is 0.466. The molecule has 0 amide bonds. The number of aromatic nitrogens is 3. The Morgan fingerprint density at radius 2 is 2.13 bits per heavy atom. The van der Waals surface area contributed by atoms with Crippen LogP contribution in [-0.2, 0) is 25.8 Å². The fraction of sp³-hybridized carbons (Fsp3) is 0.292. The highest BCUT2D eigenvalue weighted by molar-refractivity contribution is 7.18. The van der Waals surface area contributed by atoms with Gasteiger partial charge in [-0.1, -0.05) is 24.3 Å². The first-order valence-corrected chi connectivity index (χ1v) is 11.4. The molecule has 3 aromatic heterocycles. The highest BCUT2D eigenvalue weighted by Gasteiger charge is 2.25. The average Bonchev–Trinajstić information content (AvgIpc) is 3.16. The highest BCUT2D eigenvalue weighted by atomic mass is 32.1. The van der Waals surface area contributed by atoms with Gasteiger partial charge in [-0.3, -0.25) is 14.3 Å². The molecule has 1 atom stereocenters. The maximum atomic E-state index is 14.0. The topological polar surface area (TPSA) is 59.8 Å². The van der Waals surface area contributed by atoms with E-state index in [2.05, 4.69) is 21.4 Å². The first kappa shape index (κ1) is 20.0. The smallest absolute Gasteiger partial charge is 0.262 e. The molecular formula is C24H23FN4OS. The Bertz CT molecular complexity index is 1270. The van der Waals surface area contributed by atoms with Gasteiger partial charge >= 0.3 is 0 Å². The minimum Gasteiger partial charge on any atom is -0.313 e. The van der Waals surface area contributed by atoms with E-state index < -0.39 is 0 Å². The quantitative estimate of drug-likeness (QED) is 0.502. The van der Waals surface area contributed by atoms with Gasteiger partial charge in [0.25, 0.3) is 5.56 Å². The Kier molecular flexibility index (Phi) is 5.61. The molecule has 158 valence electrons. The largest absolute Gasteiger partial charge is 0.313 e. The van der Waals surface area contributed by atoms with Crippen LogP contribution in [0.1, 0.15) is 28.0 Å². The molecule has 0 unspecified atom stereocenters. The zero-order valence-corrected chi connectivity index (χ0v) is 17.9. The summed E-state index contributed by atoms with van der Waals surface area (Å²) < 4.78 is 15.6. The van der Waals surface area contributed by atoms with Crippen molar-refractivity contribution in [3.63, 3.8) is 0 Å². The third kappa shape index (κ3) is 4.16. The molecule has 1 aromatic carbocycles. The van der Waals surface area contributed by atoms with Gasteiger partial charge in [0.15, 0.2) is 0 Å². The van der Waals surface area contributed by atoms with Crippen molar-refractivity contribution in [1.29, 1.82) is 0 Å². The Balaban J connectivity index is 1.33. The van der Waals surface area contributed by atoms with Gasteiger partial charge in [-0.05, 0) is 55.5 Å². The van der Waals surface area contributed by atoms with E-state index in [1.165, 1.54) is 21.1 Å². The van der Waals surface area contributed by atoms with Crippen LogP contribution in [0.15, 0.2) is 59.9 Å². The number of nitrogens with one attached hydrogen (secondary N) is 1. The molecule has 0 aliphatic heterocycles. The first-order valence-electron chi connectivity index (χ1n) is 10.5. The van der Waals surface area contributed by atoms with Crippen molar-refractivity contribution in [2.24, 2.45) is 0 Å². The fourth-order valence-corrected chi connectivity index (χ4v) is 5.52. The molecule has 1 aliphatic carbocycles. The van der Waals surface area contributed by atoms with Gasteiger partial charge in [0.1, 0.15) is 10.6 Å². The van der Waals surface area contributed by atoms with Gasteiger partial charge < -0.3 is 5.32 Å². The normalized spacial score (nSPS) is 15.8. The Morgan fingerprint density at radius 1 is 1.23 bits per heavy atom. The van der Waals surface area contributed by atoms with Crippen molar-refractivity contribution in [2.75, 3.05) is 6.54 Å². The molecule has 0 spiro atoms. The van der Waals surface area contributed by atoms with Crippen LogP contribution in [0.4, 0.5) is 4.39 Å². The van der Waals surface area contributed by atoms with E-state index in [-0.39, 0.29) is 17.9 Å². The van der Waals surface area contributed by atoms with Crippen molar-refractivity contribution in [3.8, 4) is 0 Å². The number of nitrogens with zero attached hydrogens (tertiary/aromatic N) is 3.